The minimum absolute atomic E-state index is 0.432. The molecule has 0 radical (unpaired) electrons. The lowest BCUT2D eigenvalue weighted by Gasteiger charge is -2.61. The van der Waals surface area contributed by atoms with E-state index in [9.17, 15) is 5.11 Å². The van der Waals surface area contributed by atoms with Crippen LogP contribution in [0.1, 0.15) is 84.0 Å². The van der Waals surface area contributed by atoms with Gasteiger partial charge in [0.1, 0.15) is 0 Å². The Morgan fingerprint density at radius 2 is 1.76 bits per heavy atom. The second-order valence-corrected chi connectivity index (χ2v) is 9.19. The third-order valence-corrected chi connectivity index (χ3v) is 8.64. The maximum atomic E-state index is 9.78. The summed E-state index contributed by atoms with van der Waals surface area (Å²) in [6.45, 7) is 3.04. The van der Waals surface area contributed by atoms with Crippen LogP contribution in [0.25, 0.3) is 0 Å². The van der Waals surface area contributed by atoms with Gasteiger partial charge in [-0.15, -0.1) is 0 Å². The number of rotatable bonds is 2. The van der Waals surface area contributed by atoms with Crippen molar-refractivity contribution in [1.29, 1.82) is 0 Å². The van der Waals surface area contributed by atoms with Crippen molar-refractivity contribution in [1.82, 2.24) is 0 Å². The van der Waals surface area contributed by atoms with Gasteiger partial charge in [0.05, 0.1) is 0 Å². The zero-order chi connectivity index (χ0) is 14.5. The molecule has 4 rings (SSSR count). The van der Waals surface area contributed by atoms with Gasteiger partial charge in [0, 0.05) is 6.61 Å². The van der Waals surface area contributed by atoms with Crippen molar-refractivity contribution in [3.8, 4) is 0 Å². The number of aliphatic hydroxyl groups excluding tert-OH is 1. The van der Waals surface area contributed by atoms with Crippen LogP contribution in [-0.2, 0) is 0 Å². The minimum Gasteiger partial charge on any atom is -0.396 e. The summed E-state index contributed by atoms with van der Waals surface area (Å²) in [6, 6.07) is 0. The van der Waals surface area contributed by atoms with Gasteiger partial charge in [-0.2, -0.15) is 0 Å². The third-order valence-electron chi connectivity index (χ3n) is 8.64. The molecule has 0 heterocycles. The van der Waals surface area contributed by atoms with Gasteiger partial charge in [-0.1, -0.05) is 26.2 Å². The molecular formula is C20H34O. The Balaban J connectivity index is 1.66. The smallest absolute Gasteiger partial charge is 0.0436 e. The third kappa shape index (κ3) is 2.06. The summed E-state index contributed by atoms with van der Waals surface area (Å²) >= 11 is 0. The molecule has 4 fully saturated rings. The van der Waals surface area contributed by atoms with Crippen LogP contribution in [0.15, 0.2) is 0 Å². The standard InChI is InChI=1S/C20H34O/c1-19-10-4-6-17(19)16-8-7-15-5-2-3-11-20(15,13-14-21)18(16)9-12-19/h15-18,21H,2-14H2,1H3/t15?,16-,17-,18-,19-,20+/m0/s1. The Labute approximate surface area is 130 Å². The van der Waals surface area contributed by atoms with E-state index in [0.717, 1.165) is 30.1 Å². The van der Waals surface area contributed by atoms with Crippen LogP contribution in [-0.4, -0.2) is 11.7 Å². The maximum absolute atomic E-state index is 9.78. The fraction of sp³-hybridized carbons (Fsp3) is 1.00. The van der Waals surface area contributed by atoms with Crippen LogP contribution >= 0.6 is 0 Å². The summed E-state index contributed by atoms with van der Waals surface area (Å²) < 4.78 is 0. The summed E-state index contributed by atoms with van der Waals surface area (Å²) in [5.74, 6) is 3.94. The Morgan fingerprint density at radius 3 is 2.62 bits per heavy atom. The monoisotopic (exact) mass is 290 g/mol. The molecule has 0 saturated heterocycles. The Hall–Kier alpha value is -0.0400. The fourth-order valence-corrected chi connectivity index (χ4v) is 7.77. The summed E-state index contributed by atoms with van der Waals surface area (Å²) in [6.07, 6.45) is 17.4. The average molecular weight is 290 g/mol. The highest BCUT2D eigenvalue weighted by molar-refractivity contribution is 5.07. The lowest BCUT2D eigenvalue weighted by Crippen LogP contribution is -2.53. The quantitative estimate of drug-likeness (QED) is 0.743. The van der Waals surface area contributed by atoms with Gasteiger partial charge in [0.25, 0.3) is 0 Å². The first-order valence-corrected chi connectivity index (χ1v) is 9.80. The summed E-state index contributed by atoms with van der Waals surface area (Å²) in [4.78, 5) is 0. The van der Waals surface area contributed by atoms with E-state index >= 15 is 0 Å². The molecule has 4 saturated carbocycles. The number of hydrogen-bond donors (Lipinski definition) is 1. The Morgan fingerprint density at radius 1 is 0.857 bits per heavy atom. The first-order chi connectivity index (χ1) is 10.2. The number of fused-ring (bicyclic) bond motifs is 5. The Kier molecular flexibility index (Phi) is 3.64. The predicted molar refractivity (Wildman–Crippen MR) is 87.0 cm³/mol. The maximum Gasteiger partial charge on any atom is 0.0436 e. The highest BCUT2D eigenvalue weighted by Crippen LogP contribution is 2.67. The van der Waals surface area contributed by atoms with Crippen LogP contribution in [0.2, 0.25) is 0 Å². The molecule has 1 nitrogen and oxygen atoms in total. The molecule has 0 aromatic carbocycles. The van der Waals surface area contributed by atoms with Gasteiger partial charge in [0.2, 0.25) is 0 Å². The van der Waals surface area contributed by atoms with E-state index in [1.165, 1.54) is 70.6 Å². The second-order valence-electron chi connectivity index (χ2n) is 9.19. The number of aliphatic hydroxyl groups is 1. The Bertz CT molecular complexity index is 387. The van der Waals surface area contributed by atoms with Crippen molar-refractivity contribution in [3.05, 3.63) is 0 Å². The van der Waals surface area contributed by atoms with Crippen LogP contribution in [0.3, 0.4) is 0 Å². The van der Waals surface area contributed by atoms with Gasteiger partial charge in [0.15, 0.2) is 0 Å². The predicted octanol–water partition coefficient (Wildman–Crippen LogP) is 5.17. The summed E-state index contributed by atoms with van der Waals surface area (Å²) in [7, 11) is 0. The largest absolute Gasteiger partial charge is 0.396 e. The molecule has 120 valence electrons. The van der Waals surface area contributed by atoms with E-state index in [2.05, 4.69) is 6.92 Å². The average Bonchev–Trinajstić information content (AvgIpc) is 2.89. The molecular weight excluding hydrogens is 256 g/mol. The van der Waals surface area contributed by atoms with Crippen molar-refractivity contribution >= 4 is 0 Å². The molecule has 1 unspecified atom stereocenters. The fourth-order valence-electron chi connectivity index (χ4n) is 7.77. The highest BCUT2D eigenvalue weighted by atomic mass is 16.3. The van der Waals surface area contributed by atoms with E-state index in [0.29, 0.717) is 17.4 Å². The van der Waals surface area contributed by atoms with Gasteiger partial charge >= 0.3 is 0 Å². The molecule has 0 bridgehead atoms. The van der Waals surface area contributed by atoms with Gasteiger partial charge in [-0.3, -0.25) is 0 Å². The normalized spacial score (nSPS) is 52.9. The lowest BCUT2D eigenvalue weighted by atomic mass is 9.44. The summed E-state index contributed by atoms with van der Waals surface area (Å²) in [5, 5.41) is 9.78. The molecule has 0 aromatic rings. The zero-order valence-electron chi connectivity index (χ0n) is 13.9. The van der Waals surface area contributed by atoms with E-state index in [1.807, 2.05) is 0 Å². The first-order valence-electron chi connectivity index (χ1n) is 9.80. The molecule has 0 aliphatic heterocycles. The van der Waals surface area contributed by atoms with Crippen molar-refractivity contribution < 1.29 is 5.11 Å². The molecule has 1 heteroatoms. The van der Waals surface area contributed by atoms with Crippen LogP contribution in [0.4, 0.5) is 0 Å². The molecule has 0 amide bonds. The van der Waals surface area contributed by atoms with Gasteiger partial charge in [-0.25, -0.2) is 0 Å². The molecule has 21 heavy (non-hydrogen) atoms. The van der Waals surface area contributed by atoms with Crippen molar-refractivity contribution in [2.75, 3.05) is 6.61 Å². The lowest BCUT2D eigenvalue weighted by molar-refractivity contribution is -0.121. The van der Waals surface area contributed by atoms with Crippen LogP contribution in [0, 0.1) is 34.5 Å². The number of hydrogen-bond acceptors (Lipinski definition) is 1. The van der Waals surface area contributed by atoms with Crippen molar-refractivity contribution in [2.24, 2.45) is 34.5 Å². The van der Waals surface area contributed by atoms with E-state index in [4.69, 9.17) is 0 Å². The zero-order valence-corrected chi connectivity index (χ0v) is 13.9. The molecule has 1 N–H and O–H groups in total. The highest BCUT2D eigenvalue weighted by Gasteiger charge is 2.58. The topological polar surface area (TPSA) is 20.2 Å². The van der Waals surface area contributed by atoms with Crippen molar-refractivity contribution in [3.63, 3.8) is 0 Å². The summed E-state index contributed by atoms with van der Waals surface area (Å²) in [5.41, 5.74) is 1.23. The second kappa shape index (κ2) is 5.25. The van der Waals surface area contributed by atoms with Gasteiger partial charge < -0.3 is 5.11 Å². The molecule has 0 spiro atoms. The SMILES string of the molecule is C[C@@]12CCC[C@H]1[C@@H]1CCC3CCCC[C@]3(CCO)[C@H]1CC2. The minimum atomic E-state index is 0.432. The van der Waals surface area contributed by atoms with Crippen molar-refractivity contribution in [2.45, 2.75) is 84.0 Å². The van der Waals surface area contributed by atoms with E-state index in [-0.39, 0.29) is 0 Å². The molecule has 4 aliphatic carbocycles. The first kappa shape index (κ1) is 14.5. The molecule has 0 aromatic heterocycles. The molecule has 4 aliphatic rings. The van der Waals surface area contributed by atoms with E-state index < -0.39 is 0 Å². The van der Waals surface area contributed by atoms with E-state index in [1.54, 1.807) is 0 Å². The van der Waals surface area contributed by atoms with Crippen LogP contribution < -0.4 is 0 Å². The van der Waals surface area contributed by atoms with Crippen LogP contribution in [0.5, 0.6) is 0 Å². The van der Waals surface area contributed by atoms with Gasteiger partial charge in [-0.05, 0) is 92.3 Å². The molecule has 6 atom stereocenters.